The average Bonchev–Trinajstić information content (AvgIpc) is 2.45. The van der Waals surface area contributed by atoms with Gasteiger partial charge in [-0.05, 0) is 31.1 Å². The molecule has 0 aromatic heterocycles. The Bertz CT molecular complexity index is 313. The van der Waals surface area contributed by atoms with E-state index in [2.05, 4.69) is 31.0 Å². The molecule has 2 aliphatic rings. The summed E-state index contributed by atoms with van der Waals surface area (Å²) in [6.07, 6.45) is 4.47. The van der Waals surface area contributed by atoms with Gasteiger partial charge in [0.15, 0.2) is 0 Å². The lowest BCUT2D eigenvalue weighted by molar-refractivity contribution is -0.136. The van der Waals surface area contributed by atoms with Crippen LogP contribution in [0.25, 0.3) is 0 Å². The highest BCUT2D eigenvalue weighted by Crippen LogP contribution is 2.27. The molecule has 0 aromatic carbocycles. The van der Waals surface area contributed by atoms with Gasteiger partial charge in [-0.3, -0.25) is 4.79 Å². The number of amides is 1. The summed E-state index contributed by atoms with van der Waals surface area (Å²) in [5.74, 6) is 2.97. The normalized spacial score (nSPS) is 28.4. The van der Waals surface area contributed by atoms with Crippen molar-refractivity contribution < 1.29 is 4.79 Å². The van der Waals surface area contributed by atoms with Crippen LogP contribution in [-0.4, -0.2) is 48.0 Å². The first-order chi connectivity index (χ1) is 9.46. The van der Waals surface area contributed by atoms with Crippen molar-refractivity contribution in [2.45, 2.75) is 52.5 Å². The monoisotopic (exact) mass is 298 g/mol. The van der Waals surface area contributed by atoms with Gasteiger partial charge in [0.2, 0.25) is 5.91 Å². The van der Waals surface area contributed by atoms with Gasteiger partial charge in [-0.15, -0.1) is 0 Å². The molecule has 0 bridgehead atoms. The molecule has 1 saturated carbocycles. The van der Waals surface area contributed by atoms with Crippen LogP contribution in [0.4, 0.5) is 0 Å². The summed E-state index contributed by atoms with van der Waals surface area (Å²) >= 11 is 1.97. The third-order valence-corrected chi connectivity index (χ3v) is 5.26. The number of carbonyl (C=O) groups is 1. The predicted octanol–water partition coefficient (Wildman–Crippen LogP) is 2.76. The van der Waals surface area contributed by atoms with E-state index in [0.29, 0.717) is 23.3 Å². The van der Waals surface area contributed by atoms with E-state index in [9.17, 15) is 4.79 Å². The van der Waals surface area contributed by atoms with Crippen LogP contribution in [0, 0.1) is 11.3 Å². The maximum Gasteiger partial charge on any atom is 0.225 e. The van der Waals surface area contributed by atoms with Crippen molar-refractivity contribution in [1.29, 1.82) is 0 Å². The standard InChI is InChI=1S/C16H30N2OS/c1-16(2,3)12-17-14-6-4-13(5-7-14)15(19)18-8-10-20-11-9-18/h13-14,17H,4-12H2,1-3H3. The van der Waals surface area contributed by atoms with E-state index < -0.39 is 0 Å². The van der Waals surface area contributed by atoms with Crippen LogP contribution >= 0.6 is 11.8 Å². The number of hydrogen-bond acceptors (Lipinski definition) is 3. The van der Waals surface area contributed by atoms with Crippen LogP contribution in [0.5, 0.6) is 0 Å². The summed E-state index contributed by atoms with van der Waals surface area (Å²) in [6.45, 7) is 9.80. The smallest absolute Gasteiger partial charge is 0.225 e. The fourth-order valence-corrected chi connectivity index (χ4v) is 3.94. The summed E-state index contributed by atoms with van der Waals surface area (Å²) in [7, 11) is 0. The summed E-state index contributed by atoms with van der Waals surface area (Å²) in [6, 6.07) is 0.621. The van der Waals surface area contributed by atoms with Crippen LogP contribution in [-0.2, 0) is 4.79 Å². The molecule has 2 fully saturated rings. The van der Waals surface area contributed by atoms with Crippen LogP contribution in [0.15, 0.2) is 0 Å². The molecule has 1 heterocycles. The fourth-order valence-electron chi connectivity index (χ4n) is 3.04. The minimum absolute atomic E-state index is 0.297. The third-order valence-electron chi connectivity index (χ3n) is 4.32. The van der Waals surface area contributed by atoms with E-state index in [0.717, 1.165) is 56.8 Å². The van der Waals surface area contributed by atoms with E-state index in [1.54, 1.807) is 0 Å². The first kappa shape index (κ1) is 16.2. The molecule has 4 heteroatoms. The molecule has 1 amide bonds. The quantitative estimate of drug-likeness (QED) is 0.869. The SMILES string of the molecule is CC(C)(C)CNC1CCC(C(=O)N2CCSCC2)CC1. The van der Waals surface area contributed by atoms with E-state index in [-0.39, 0.29) is 0 Å². The minimum atomic E-state index is 0.297. The van der Waals surface area contributed by atoms with Crippen molar-refractivity contribution in [3.05, 3.63) is 0 Å². The molecular weight excluding hydrogens is 268 g/mol. The van der Waals surface area contributed by atoms with Crippen LogP contribution < -0.4 is 5.32 Å². The van der Waals surface area contributed by atoms with Gasteiger partial charge in [-0.2, -0.15) is 11.8 Å². The number of thioether (sulfide) groups is 1. The van der Waals surface area contributed by atoms with Crippen molar-refractivity contribution in [1.82, 2.24) is 10.2 Å². The lowest BCUT2D eigenvalue weighted by Crippen LogP contribution is -2.44. The highest BCUT2D eigenvalue weighted by atomic mass is 32.2. The van der Waals surface area contributed by atoms with Gasteiger partial charge in [0.1, 0.15) is 0 Å². The molecule has 1 aliphatic heterocycles. The fraction of sp³-hybridized carbons (Fsp3) is 0.938. The second-order valence-electron chi connectivity index (χ2n) is 7.43. The van der Waals surface area contributed by atoms with Gasteiger partial charge in [0.05, 0.1) is 0 Å². The molecule has 0 spiro atoms. The third kappa shape index (κ3) is 4.96. The highest BCUT2D eigenvalue weighted by molar-refractivity contribution is 7.99. The largest absolute Gasteiger partial charge is 0.341 e. The van der Waals surface area contributed by atoms with Gasteiger partial charge in [0, 0.05) is 43.1 Å². The van der Waals surface area contributed by atoms with Crippen LogP contribution in [0.2, 0.25) is 0 Å². The number of nitrogens with one attached hydrogen (secondary N) is 1. The summed E-state index contributed by atoms with van der Waals surface area (Å²) in [5, 5.41) is 3.67. The number of nitrogens with zero attached hydrogens (tertiary/aromatic N) is 1. The molecule has 1 N–H and O–H groups in total. The first-order valence-corrected chi connectivity index (χ1v) is 9.21. The molecule has 1 aliphatic carbocycles. The molecule has 0 aromatic rings. The van der Waals surface area contributed by atoms with E-state index in [4.69, 9.17) is 0 Å². The second kappa shape index (κ2) is 7.17. The Morgan fingerprint density at radius 1 is 1.15 bits per heavy atom. The molecule has 0 radical (unpaired) electrons. The van der Waals surface area contributed by atoms with Crippen molar-refractivity contribution in [3.63, 3.8) is 0 Å². The molecule has 0 unspecified atom stereocenters. The predicted molar refractivity (Wildman–Crippen MR) is 87.1 cm³/mol. The molecule has 0 atom stereocenters. The van der Waals surface area contributed by atoms with Gasteiger partial charge >= 0.3 is 0 Å². The highest BCUT2D eigenvalue weighted by Gasteiger charge is 2.30. The summed E-state index contributed by atoms with van der Waals surface area (Å²) in [5.41, 5.74) is 0.345. The minimum Gasteiger partial charge on any atom is -0.341 e. The topological polar surface area (TPSA) is 32.3 Å². The second-order valence-corrected chi connectivity index (χ2v) is 8.65. The molecule has 3 nitrogen and oxygen atoms in total. The van der Waals surface area contributed by atoms with Crippen molar-refractivity contribution in [2.24, 2.45) is 11.3 Å². The molecular formula is C16H30N2OS. The van der Waals surface area contributed by atoms with Crippen molar-refractivity contribution >= 4 is 17.7 Å². The van der Waals surface area contributed by atoms with Crippen LogP contribution in [0.3, 0.4) is 0 Å². The number of hydrogen-bond donors (Lipinski definition) is 1. The van der Waals surface area contributed by atoms with E-state index >= 15 is 0 Å². The van der Waals surface area contributed by atoms with Gasteiger partial charge < -0.3 is 10.2 Å². The Balaban J connectivity index is 1.72. The zero-order valence-electron chi connectivity index (χ0n) is 13.3. The zero-order chi connectivity index (χ0) is 14.6. The molecule has 2 rings (SSSR count). The van der Waals surface area contributed by atoms with E-state index in [1.807, 2.05) is 11.8 Å². The Morgan fingerprint density at radius 3 is 2.30 bits per heavy atom. The van der Waals surface area contributed by atoms with Gasteiger partial charge in [-0.25, -0.2) is 0 Å². The lowest BCUT2D eigenvalue weighted by Gasteiger charge is -2.35. The first-order valence-electron chi connectivity index (χ1n) is 8.05. The van der Waals surface area contributed by atoms with Crippen molar-refractivity contribution in [3.8, 4) is 0 Å². The Morgan fingerprint density at radius 2 is 1.75 bits per heavy atom. The zero-order valence-corrected chi connectivity index (χ0v) is 14.1. The molecule has 1 saturated heterocycles. The maximum atomic E-state index is 12.5. The maximum absolute atomic E-state index is 12.5. The van der Waals surface area contributed by atoms with Gasteiger partial charge in [0.25, 0.3) is 0 Å². The van der Waals surface area contributed by atoms with E-state index in [1.165, 1.54) is 0 Å². The Labute approximate surface area is 128 Å². The molecule has 20 heavy (non-hydrogen) atoms. The van der Waals surface area contributed by atoms with Gasteiger partial charge in [-0.1, -0.05) is 20.8 Å². The lowest BCUT2D eigenvalue weighted by atomic mass is 9.84. The Hall–Kier alpha value is -0.220. The van der Waals surface area contributed by atoms with Crippen molar-refractivity contribution in [2.75, 3.05) is 31.1 Å². The Kier molecular flexibility index (Phi) is 5.79. The summed E-state index contributed by atoms with van der Waals surface area (Å²) < 4.78 is 0. The molecule has 116 valence electrons. The average molecular weight is 298 g/mol. The number of rotatable bonds is 3. The summed E-state index contributed by atoms with van der Waals surface area (Å²) in [4.78, 5) is 14.6. The number of carbonyl (C=O) groups excluding carboxylic acids is 1. The van der Waals surface area contributed by atoms with Crippen LogP contribution in [0.1, 0.15) is 46.5 Å².